The lowest BCUT2D eigenvalue weighted by Gasteiger charge is -2.16. The molecule has 9 heteroatoms. The summed E-state index contributed by atoms with van der Waals surface area (Å²) in [4.78, 5) is 41.5. The number of carbonyl (C=O) groups is 2. The highest BCUT2D eigenvalue weighted by molar-refractivity contribution is 5.98. The summed E-state index contributed by atoms with van der Waals surface area (Å²) in [6, 6.07) is 19.7. The maximum Gasteiger partial charge on any atom is 0.280 e. The molecule has 0 radical (unpaired) electrons. The van der Waals surface area contributed by atoms with Gasteiger partial charge in [0, 0.05) is 23.9 Å². The highest BCUT2D eigenvalue weighted by atomic mass is 16.2. The fourth-order valence-electron chi connectivity index (χ4n) is 4.43. The maximum absolute atomic E-state index is 13.4. The molecule has 4 aromatic rings. The van der Waals surface area contributed by atoms with Crippen molar-refractivity contribution in [1.29, 1.82) is 5.26 Å². The number of hydrogen-bond donors (Lipinski definition) is 1. The molecule has 0 unspecified atom stereocenters. The van der Waals surface area contributed by atoms with Gasteiger partial charge in [0.2, 0.25) is 5.91 Å². The standard InChI is InChI=1S/C27H24N6O3/c1-2-3-13-31-16-21-25(27(31)36)32(17-23(34)29-20-11-9-18(15-28)10-12-20)24-14-22(30-33(24)26(21)35)19-7-5-4-6-8-19/h4-12,14H,2-3,13,16-17H2,1H3,(H,29,34). The lowest BCUT2D eigenvalue weighted by Crippen LogP contribution is -2.30. The quantitative estimate of drug-likeness (QED) is 0.436. The van der Waals surface area contributed by atoms with E-state index < -0.39 is 0 Å². The molecule has 0 bridgehead atoms. The molecular weight excluding hydrogens is 456 g/mol. The number of benzene rings is 2. The molecule has 0 saturated carbocycles. The van der Waals surface area contributed by atoms with E-state index in [1.165, 1.54) is 4.52 Å². The molecule has 0 fully saturated rings. The second-order valence-electron chi connectivity index (χ2n) is 8.70. The van der Waals surface area contributed by atoms with Crippen LogP contribution in [0.15, 0.2) is 65.5 Å². The molecule has 1 N–H and O–H groups in total. The Bertz CT molecular complexity index is 1560. The Morgan fingerprint density at radius 1 is 1.11 bits per heavy atom. The van der Waals surface area contributed by atoms with Gasteiger partial charge in [0.25, 0.3) is 11.5 Å². The third-order valence-corrected chi connectivity index (χ3v) is 6.26. The Hall–Kier alpha value is -4.71. The van der Waals surface area contributed by atoms with Crippen LogP contribution < -0.4 is 10.9 Å². The monoisotopic (exact) mass is 480 g/mol. The summed E-state index contributed by atoms with van der Waals surface area (Å²) in [5.74, 6) is -0.624. The van der Waals surface area contributed by atoms with Gasteiger partial charge < -0.3 is 14.8 Å². The minimum atomic E-state index is -0.366. The van der Waals surface area contributed by atoms with Gasteiger partial charge in [-0.3, -0.25) is 14.4 Å². The Balaban J connectivity index is 1.58. The predicted octanol–water partition coefficient (Wildman–Crippen LogP) is 3.43. The molecule has 9 nitrogen and oxygen atoms in total. The van der Waals surface area contributed by atoms with E-state index in [1.54, 1.807) is 39.8 Å². The molecule has 0 saturated heterocycles. The molecule has 1 aliphatic heterocycles. The first-order chi connectivity index (χ1) is 17.5. The van der Waals surface area contributed by atoms with Gasteiger partial charge in [-0.15, -0.1) is 0 Å². The van der Waals surface area contributed by atoms with Crippen molar-refractivity contribution in [2.75, 3.05) is 11.9 Å². The molecule has 0 aliphatic carbocycles. The van der Waals surface area contributed by atoms with Crippen molar-refractivity contribution in [3.63, 3.8) is 0 Å². The average molecular weight is 481 g/mol. The summed E-state index contributed by atoms with van der Waals surface area (Å²) in [7, 11) is 0. The molecular formula is C27H24N6O3. The number of aromatic nitrogens is 3. The van der Waals surface area contributed by atoms with E-state index in [4.69, 9.17) is 5.26 Å². The number of nitriles is 1. The van der Waals surface area contributed by atoms with Crippen molar-refractivity contribution in [1.82, 2.24) is 19.1 Å². The van der Waals surface area contributed by atoms with Gasteiger partial charge in [-0.1, -0.05) is 43.7 Å². The molecule has 2 aromatic carbocycles. The zero-order valence-electron chi connectivity index (χ0n) is 19.8. The van der Waals surface area contributed by atoms with E-state index in [-0.39, 0.29) is 36.2 Å². The summed E-state index contributed by atoms with van der Waals surface area (Å²) in [6.07, 6.45) is 1.74. The van der Waals surface area contributed by atoms with Gasteiger partial charge in [-0.05, 0) is 30.7 Å². The molecule has 180 valence electrons. The van der Waals surface area contributed by atoms with Crippen molar-refractivity contribution >= 4 is 23.1 Å². The Morgan fingerprint density at radius 3 is 2.56 bits per heavy atom. The Kier molecular flexibility index (Phi) is 6.09. The van der Waals surface area contributed by atoms with Crippen LogP contribution in [0.1, 0.15) is 41.4 Å². The summed E-state index contributed by atoms with van der Waals surface area (Å²) in [5.41, 5.74) is 3.02. The fourth-order valence-corrected chi connectivity index (χ4v) is 4.43. The van der Waals surface area contributed by atoms with E-state index in [0.717, 1.165) is 18.4 Å². The lowest BCUT2D eigenvalue weighted by molar-refractivity contribution is -0.116. The smallest absolute Gasteiger partial charge is 0.280 e. The fraction of sp³-hybridized carbons (Fsp3) is 0.222. The second-order valence-corrected chi connectivity index (χ2v) is 8.70. The molecule has 3 heterocycles. The Labute approximate surface area is 207 Å². The number of anilines is 1. The van der Waals surface area contributed by atoms with Crippen LogP contribution in [0.5, 0.6) is 0 Å². The van der Waals surface area contributed by atoms with Crippen LogP contribution in [0.25, 0.3) is 16.9 Å². The molecule has 2 aromatic heterocycles. The number of fused-ring (bicyclic) bond motifs is 2. The second kappa shape index (κ2) is 9.50. The maximum atomic E-state index is 13.4. The SMILES string of the molecule is CCCCN1Cc2c(n(CC(=O)Nc3ccc(C#N)cc3)c3cc(-c4ccccc4)nn3c2=O)C1=O. The summed E-state index contributed by atoms with van der Waals surface area (Å²) in [5, 5.41) is 16.3. The summed E-state index contributed by atoms with van der Waals surface area (Å²) in [6.45, 7) is 2.60. The van der Waals surface area contributed by atoms with Crippen LogP contribution in [0, 0.1) is 11.3 Å². The highest BCUT2D eigenvalue weighted by Gasteiger charge is 2.34. The largest absolute Gasteiger partial charge is 0.333 e. The number of amides is 2. The Morgan fingerprint density at radius 2 is 1.86 bits per heavy atom. The number of hydrogen-bond acceptors (Lipinski definition) is 5. The van der Waals surface area contributed by atoms with Gasteiger partial charge in [0.15, 0.2) is 0 Å². The minimum Gasteiger partial charge on any atom is -0.333 e. The molecule has 5 rings (SSSR count). The van der Waals surface area contributed by atoms with Crippen molar-refractivity contribution in [2.45, 2.75) is 32.9 Å². The van der Waals surface area contributed by atoms with Crippen molar-refractivity contribution < 1.29 is 9.59 Å². The summed E-state index contributed by atoms with van der Waals surface area (Å²) < 4.78 is 2.87. The lowest BCUT2D eigenvalue weighted by atomic mass is 10.1. The van der Waals surface area contributed by atoms with Gasteiger partial charge in [0.05, 0.1) is 29.4 Å². The van der Waals surface area contributed by atoms with Gasteiger partial charge >= 0.3 is 0 Å². The molecule has 2 amide bonds. The van der Waals surface area contributed by atoms with Crippen molar-refractivity contribution in [2.24, 2.45) is 0 Å². The zero-order chi connectivity index (χ0) is 25.2. The molecule has 1 aliphatic rings. The van der Waals surface area contributed by atoms with Crippen LogP contribution in [-0.2, 0) is 17.9 Å². The van der Waals surface area contributed by atoms with Gasteiger partial charge in [-0.25, -0.2) is 0 Å². The van der Waals surface area contributed by atoms with Crippen LogP contribution in [-0.4, -0.2) is 37.4 Å². The van der Waals surface area contributed by atoms with Gasteiger partial charge in [-0.2, -0.15) is 14.9 Å². The first-order valence-electron chi connectivity index (χ1n) is 11.8. The van der Waals surface area contributed by atoms with E-state index in [1.807, 2.05) is 43.3 Å². The van der Waals surface area contributed by atoms with E-state index >= 15 is 0 Å². The minimum absolute atomic E-state index is 0.181. The van der Waals surface area contributed by atoms with Crippen molar-refractivity contribution in [3.8, 4) is 17.3 Å². The highest BCUT2D eigenvalue weighted by Crippen LogP contribution is 2.25. The topological polar surface area (TPSA) is 112 Å². The van der Waals surface area contributed by atoms with Crippen molar-refractivity contribution in [3.05, 3.63) is 87.8 Å². The molecule has 0 spiro atoms. The van der Waals surface area contributed by atoms with Crippen LogP contribution in [0.3, 0.4) is 0 Å². The van der Waals surface area contributed by atoms with Crippen LogP contribution >= 0.6 is 0 Å². The zero-order valence-corrected chi connectivity index (χ0v) is 19.8. The third-order valence-electron chi connectivity index (χ3n) is 6.26. The average Bonchev–Trinajstić information content (AvgIpc) is 3.49. The van der Waals surface area contributed by atoms with E-state index in [9.17, 15) is 14.4 Å². The number of nitrogens with one attached hydrogen (secondary N) is 1. The van der Waals surface area contributed by atoms with Gasteiger partial charge in [0.1, 0.15) is 17.9 Å². The first kappa shape index (κ1) is 23.1. The van der Waals surface area contributed by atoms with Crippen LogP contribution in [0.2, 0.25) is 0 Å². The third kappa shape index (κ3) is 4.14. The number of rotatable bonds is 7. The van der Waals surface area contributed by atoms with E-state index in [2.05, 4.69) is 10.4 Å². The summed E-state index contributed by atoms with van der Waals surface area (Å²) >= 11 is 0. The molecule has 0 atom stereocenters. The predicted molar refractivity (Wildman–Crippen MR) is 134 cm³/mol. The van der Waals surface area contributed by atoms with E-state index in [0.29, 0.717) is 34.7 Å². The number of unbranched alkanes of at least 4 members (excludes halogenated alkanes) is 1. The normalized spacial score (nSPS) is 12.6. The number of nitrogens with zero attached hydrogens (tertiary/aromatic N) is 5. The molecule has 36 heavy (non-hydrogen) atoms. The first-order valence-corrected chi connectivity index (χ1v) is 11.8. The number of carbonyl (C=O) groups excluding carboxylic acids is 2. The van der Waals surface area contributed by atoms with Crippen LogP contribution in [0.4, 0.5) is 5.69 Å².